The number of hydrogen-bond donors (Lipinski definition) is 4. The minimum atomic E-state index is -0.750. The van der Waals surface area contributed by atoms with Crippen LogP contribution < -0.4 is 20.9 Å². The summed E-state index contributed by atoms with van der Waals surface area (Å²) in [6.45, 7) is 11.5. The number of dihydropyridines is 1. The van der Waals surface area contributed by atoms with E-state index in [2.05, 4.69) is 27.8 Å². The van der Waals surface area contributed by atoms with Gasteiger partial charge in [-0.2, -0.15) is 0 Å². The summed E-state index contributed by atoms with van der Waals surface area (Å²) in [4.78, 5) is 15.3. The fourth-order valence-corrected chi connectivity index (χ4v) is 5.30. The molecule has 1 saturated heterocycles. The molecule has 1 fully saturated rings. The molecule has 1 atom stereocenters. The summed E-state index contributed by atoms with van der Waals surface area (Å²) < 4.78 is 0. The third kappa shape index (κ3) is 4.42. The van der Waals surface area contributed by atoms with Gasteiger partial charge in [0.05, 0.1) is 10.6 Å². The van der Waals surface area contributed by atoms with E-state index in [4.69, 9.17) is 0 Å². The van der Waals surface area contributed by atoms with Crippen LogP contribution in [0.4, 0.5) is 5.00 Å². The van der Waals surface area contributed by atoms with E-state index in [-0.39, 0.29) is 5.91 Å². The van der Waals surface area contributed by atoms with Gasteiger partial charge in [-0.15, -0.1) is 11.3 Å². The van der Waals surface area contributed by atoms with Gasteiger partial charge in [-0.05, 0) is 70.8 Å². The second-order valence-electron chi connectivity index (χ2n) is 7.61. The lowest BCUT2D eigenvalue weighted by molar-refractivity contribution is 0.0952. The molecule has 1 aromatic rings. The third-order valence-corrected chi connectivity index (χ3v) is 6.80. The molecule has 0 radical (unpaired) electrons. The van der Waals surface area contributed by atoms with Gasteiger partial charge in [0, 0.05) is 35.8 Å². The molecule has 7 heteroatoms. The highest BCUT2D eigenvalue weighted by atomic mass is 32.1. The molecule has 154 valence electrons. The Morgan fingerprint density at radius 1 is 1.32 bits per heavy atom. The summed E-state index contributed by atoms with van der Waals surface area (Å²) in [6.07, 6.45) is 3.51. The fraction of sp³-hybridized carbons (Fsp3) is 0.571. The number of rotatable bonds is 6. The summed E-state index contributed by atoms with van der Waals surface area (Å²) in [5, 5.41) is 22.8. The largest absolute Gasteiger partial charge is 0.370 e. The first kappa shape index (κ1) is 20.9. The molecular formula is C21H32N4O2S. The van der Waals surface area contributed by atoms with E-state index in [1.807, 2.05) is 32.2 Å². The van der Waals surface area contributed by atoms with Gasteiger partial charge in [-0.25, -0.2) is 0 Å². The van der Waals surface area contributed by atoms with E-state index in [1.165, 1.54) is 5.00 Å². The van der Waals surface area contributed by atoms with Crippen molar-refractivity contribution in [3.8, 4) is 0 Å². The number of nitrogens with zero attached hydrogens (tertiary/aromatic N) is 1. The average Bonchev–Trinajstić information content (AvgIpc) is 3.04. The summed E-state index contributed by atoms with van der Waals surface area (Å²) >= 11 is 1.66. The van der Waals surface area contributed by atoms with Gasteiger partial charge in [0.1, 0.15) is 6.23 Å². The first-order valence-electron chi connectivity index (χ1n) is 10.1. The molecule has 1 amide bonds. The first-order chi connectivity index (χ1) is 13.4. The number of anilines is 1. The summed E-state index contributed by atoms with van der Waals surface area (Å²) in [7, 11) is 0. The van der Waals surface area contributed by atoms with E-state index in [0.717, 1.165) is 60.4 Å². The first-order valence-corrected chi connectivity index (χ1v) is 11.0. The van der Waals surface area contributed by atoms with Crippen LogP contribution in [0.25, 0.3) is 0 Å². The Labute approximate surface area is 171 Å². The summed E-state index contributed by atoms with van der Waals surface area (Å²) in [6, 6.07) is 0.533. The molecular weight excluding hydrogens is 372 g/mol. The smallest absolute Gasteiger partial charge is 0.252 e. The molecule has 2 aliphatic rings. The molecule has 0 bridgehead atoms. The number of aliphatic hydroxyl groups excluding tert-OH is 1. The maximum absolute atomic E-state index is 12.8. The number of carbonyl (C=O) groups excluding carboxylic acids is 1. The minimum Gasteiger partial charge on any atom is -0.370 e. The van der Waals surface area contributed by atoms with Crippen LogP contribution in [-0.4, -0.2) is 49.5 Å². The zero-order valence-corrected chi connectivity index (χ0v) is 18.1. The van der Waals surface area contributed by atoms with Crippen molar-refractivity contribution in [2.24, 2.45) is 0 Å². The quantitative estimate of drug-likeness (QED) is 0.586. The van der Waals surface area contributed by atoms with Crippen molar-refractivity contribution >= 4 is 22.2 Å². The lowest BCUT2D eigenvalue weighted by Gasteiger charge is -2.35. The third-order valence-electron chi connectivity index (χ3n) is 5.68. The number of amides is 1. The van der Waals surface area contributed by atoms with Crippen LogP contribution in [0.15, 0.2) is 28.3 Å². The normalized spacial score (nSPS) is 20.6. The Hall–Kier alpha value is -1.83. The minimum absolute atomic E-state index is 0.0832. The van der Waals surface area contributed by atoms with Crippen molar-refractivity contribution in [3.63, 3.8) is 0 Å². The van der Waals surface area contributed by atoms with Gasteiger partial charge in [0.15, 0.2) is 0 Å². The highest BCUT2D eigenvalue weighted by molar-refractivity contribution is 7.14. The molecule has 6 nitrogen and oxygen atoms in total. The molecule has 0 aliphatic carbocycles. The average molecular weight is 405 g/mol. The van der Waals surface area contributed by atoms with Crippen LogP contribution in [0.5, 0.6) is 0 Å². The zero-order chi connectivity index (χ0) is 20.3. The Bertz CT molecular complexity index is 777. The molecule has 3 heterocycles. The number of thiophene rings is 1. The van der Waals surface area contributed by atoms with E-state index in [0.29, 0.717) is 12.6 Å². The second-order valence-corrected chi connectivity index (χ2v) is 8.47. The van der Waals surface area contributed by atoms with Crippen molar-refractivity contribution in [3.05, 3.63) is 39.4 Å². The molecule has 4 N–H and O–H groups in total. The van der Waals surface area contributed by atoms with Crippen LogP contribution in [0.1, 0.15) is 49.5 Å². The van der Waals surface area contributed by atoms with E-state index >= 15 is 0 Å². The maximum Gasteiger partial charge on any atom is 0.252 e. The van der Waals surface area contributed by atoms with E-state index in [9.17, 15) is 9.90 Å². The topological polar surface area (TPSA) is 76.6 Å². The SMILES string of the molecule is CCN(c1scc(C(=O)NCC2=C(C)C=C(C)NC2O)c1C)C1CCNCC1. The van der Waals surface area contributed by atoms with Crippen molar-refractivity contribution in [1.82, 2.24) is 16.0 Å². The Kier molecular flexibility index (Phi) is 6.80. The fourth-order valence-electron chi connectivity index (χ4n) is 4.08. The molecule has 28 heavy (non-hydrogen) atoms. The number of carbonyl (C=O) groups is 1. The maximum atomic E-state index is 12.8. The summed E-state index contributed by atoms with van der Waals surface area (Å²) in [5.41, 5.74) is 4.50. The molecule has 1 aromatic heterocycles. The highest BCUT2D eigenvalue weighted by Gasteiger charge is 2.25. The number of piperidine rings is 1. The van der Waals surface area contributed by atoms with Crippen molar-refractivity contribution < 1.29 is 9.90 Å². The van der Waals surface area contributed by atoms with E-state index < -0.39 is 6.23 Å². The van der Waals surface area contributed by atoms with Gasteiger partial charge in [0.25, 0.3) is 5.91 Å². The van der Waals surface area contributed by atoms with Gasteiger partial charge < -0.3 is 26.0 Å². The van der Waals surface area contributed by atoms with Crippen molar-refractivity contribution in [2.45, 2.75) is 52.8 Å². The molecule has 0 saturated carbocycles. The van der Waals surface area contributed by atoms with E-state index in [1.54, 1.807) is 11.3 Å². The lowest BCUT2D eigenvalue weighted by Crippen LogP contribution is -2.43. The summed E-state index contributed by atoms with van der Waals surface area (Å²) in [5.74, 6) is -0.0832. The predicted molar refractivity (Wildman–Crippen MR) is 116 cm³/mol. The number of hydrogen-bond acceptors (Lipinski definition) is 6. The Morgan fingerprint density at radius 3 is 2.68 bits per heavy atom. The van der Waals surface area contributed by atoms with Crippen LogP contribution in [0.3, 0.4) is 0 Å². The lowest BCUT2D eigenvalue weighted by atomic mass is 10.0. The zero-order valence-electron chi connectivity index (χ0n) is 17.3. The van der Waals surface area contributed by atoms with Crippen LogP contribution in [-0.2, 0) is 0 Å². The predicted octanol–water partition coefficient (Wildman–Crippen LogP) is 2.51. The van der Waals surface area contributed by atoms with Crippen LogP contribution in [0.2, 0.25) is 0 Å². The Balaban J connectivity index is 1.70. The van der Waals surface area contributed by atoms with Gasteiger partial charge >= 0.3 is 0 Å². The van der Waals surface area contributed by atoms with Gasteiger partial charge in [0.2, 0.25) is 0 Å². The highest BCUT2D eigenvalue weighted by Crippen LogP contribution is 2.34. The van der Waals surface area contributed by atoms with Crippen LogP contribution in [0, 0.1) is 6.92 Å². The molecule has 2 aliphatic heterocycles. The van der Waals surface area contributed by atoms with Gasteiger partial charge in [-0.3, -0.25) is 4.79 Å². The van der Waals surface area contributed by atoms with Crippen molar-refractivity contribution in [2.75, 3.05) is 31.1 Å². The second kappa shape index (κ2) is 9.11. The monoisotopic (exact) mass is 404 g/mol. The number of nitrogens with one attached hydrogen (secondary N) is 3. The number of allylic oxidation sites excluding steroid dienone is 3. The molecule has 0 spiro atoms. The molecule has 3 rings (SSSR count). The molecule has 1 unspecified atom stereocenters. The van der Waals surface area contributed by atoms with Gasteiger partial charge in [-0.1, -0.05) is 0 Å². The number of aliphatic hydroxyl groups is 1. The standard InChI is InChI=1S/C21H32N4O2S/c1-5-25(16-6-8-22-9-7-16)21-15(4)18(12-28-21)19(26)23-11-17-13(2)10-14(3)24-20(17)27/h10,12,16,20,22,24,27H,5-9,11H2,1-4H3,(H,23,26). The van der Waals surface area contributed by atoms with Crippen molar-refractivity contribution in [1.29, 1.82) is 0 Å². The van der Waals surface area contributed by atoms with Crippen LogP contribution >= 0.6 is 11.3 Å². The Morgan fingerprint density at radius 2 is 2.04 bits per heavy atom. The molecule has 0 aromatic carbocycles.